The van der Waals surface area contributed by atoms with E-state index in [2.05, 4.69) is 22.3 Å². The maximum atomic E-state index is 11.8. The highest BCUT2D eigenvalue weighted by Crippen LogP contribution is 2.38. The average Bonchev–Trinajstić information content (AvgIpc) is 3.11. The smallest absolute Gasteiger partial charge is 0.229 e. The highest BCUT2D eigenvalue weighted by atomic mass is 35.5. The SMILES string of the molecule is CCC(/C=C(\C)C#N)(c1ccc(Cl)cc1)n1ccc2c(NS(C)(=O)=O)cccc21. The maximum Gasteiger partial charge on any atom is 0.229 e. The highest BCUT2D eigenvalue weighted by Gasteiger charge is 2.31. The zero-order valence-corrected chi connectivity index (χ0v) is 18.1. The Morgan fingerprint density at radius 2 is 1.93 bits per heavy atom. The number of allylic oxidation sites excluding steroid dienone is 2. The van der Waals surface area contributed by atoms with Gasteiger partial charge in [0.25, 0.3) is 0 Å². The van der Waals surface area contributed by atoms with Crippen LogP contribution in [-0.4, -0.2) is 19.2 Å². The van der Waals surface area contributed by atoms with E-state index in [9.17, 15) is 13.7 Å². The molecule has 150 valence electrons. The Morgan fingerprint density at radius 1 is 1.24 bits per heavy atom. The van der Waals surface area contributed by atoms with Gasteiger partial charge in [-0.1, -0.05) is 36.7 Å². The van der Waals surface area contributed by atoms with E-state index < -0.39 is 15.6 Å². The molecule has 0 aliphatic rings. The summed E-state index contributed by atoms with van der Waals surface area (Å²) in [5.41, 5.74) is 2.32. The topological polar surface area (TPSA) is 74.9 Å². The summed E-state index contributed by atoms with van der Waals surface area (Å²) in [6.07, 6.45) is 5.69. The number of nitrogens with zero attached hydrogens (tertiary/aromatic N) is 2. The van der Waals surface area contributed by atoms with Crippen LogP contribution >= 0.6 is 11.6 Å². The Balaban J connectivity index is 2.32. The molecule has 3 aromatic rings. The van der Waals surface area contributed by atoms with Gasteiger partial charge in [0.1, 0.15) is 0 Å². The van der Waals surface area contributed by atoms with Crippen LogP contribution in [0.4, 0.5) is 5.69 Å². The summed E-state index contributed by atoms with van der Waals surface area (Å²) in [5, 5.41) is 10.9. The number of hydrogen-bond acceptors (Lipinski definition) is 3. The number of anilines is 1. The van der Waals surface area contributed by atoms with Crippen molar-refractivity contribution in [3.05, 3.63) is 77.0 Å². The number of rotatable bonds is 6. The van der Waals surface area contributed by atoms with E-state index in [0.717, 1.165) is 22.7 Å². The number of aromatic nitrogens is 1. The molecular formula is C22H22ClN3O2S. The fraction of sp³-hybridized carbons (Fsp3) is 0.227. The molecule has 5 nitrogen and oxygen atoms in total. The van der Waals surface area contributed by atoms with Crippen molar-refractivity contribution in [2.75, 3.05) is 11.0 Å². The first-order valence-corrected chi connectivity index (χ1v) is 11.4. The molecule has 0 saturated heterocycles. The summed E-state index contributed by atoms with van der Waals surface area (Å²) in [6, 6.07) is 17.2. The monoisotopic (exact) mass is 427 g/mol. The second-order valence-electron chi connectivity index (χ2n) is 7.02. The minimum Gasteiger partial charge on any atom is -0.334 e. The Morgan fingerprint density at radius 3 is 2.52 bits per heavy atom. The zero-order chi connectivity index (χ0) is 21.2. The van der Waals surface area contributed by atoms with Crippen molar-refractivity contribution in [3.8, 4) is 6.07 Å². The molecule has 0 radical (unpaired) electrons. The van der Waals surface area contributed by atoms with E-state index in [1.165, 1.54) is 0 Å². The van der Waals surface area contributed by atoms with Gasteiger partial charge in [0.15, 0.2) is 0 Å². The summed E-state index contributed by atoms with van der Waals surface area (Å²) in [6.45, 7) is 3.84. The molecule has 1 unspecified atom stereocenters. The summed E-state index contributed by atoms with van der Waals surface area (Å²) >= 11 is 6.10. The van der Waals surface area contributed by atoms with Crippen LogP contribution in [0.3, 0.4) is 0 Å². The van der Waals surface area contributed by atoms with Crippen LogP contribution in [0.2, 0.25) is 5.02 Å². The Bertz CT molecular complexity index is 1220. The van der Waals surface area contributed by atoms with E-state index in [1.54, 1.807) is 13.0 Å². The largest absolute Gasteiger partial charge is 0.334 e. The van der Waals surface area contributed by atoms with Crippen LogP contribution in [0.1, 0.15) is 25.8 Å². The van der Waals surface area contributed by atoms with Gasteiger partial charge in [0.2, 0.25) is 10.0 Å². The molecule has 3 rings (SSSR count). The van der Waals surface area contributed by atoms with Crippen molar-refractivity contribution in [3.63, 3.8) is 0 Å². The standard InChI is InChI=1S/C22H22ClN3O2S/c1-4-22(14-16(2)15-24,17-8-10-18(23)11-9-17)26-13-12-19-20(25-29(3,27)28)6-5-7-21(19)26/h5-14,25H,4H2,1-3H3/b16-14+. The lowest BCUT2D eigenvalue weighted by Gasteiger charge is -2.34. The number of nitrogens with one attached hydrogen (secondary N) is 1. The molecule has 29 heavy (non-hydrogen) atoms. The predicted octanol–water partition coefficient (Wildman–Crippen LogP) is 5.29. The molecule has 0 aliphatic heterocycles. The molecule has 1 atom stereocenters. The van der Waals surface area contributed by atoms with Gasteiger partial charge in [-0.05, 0) is 55.3 Å². The number of hydrogen-bond donors (Lipinski definition) is 1. The van der Waals surface area contributed by atoms with Crippen molar-refractivity contribution >= 4 is 38.2 Å². The van der Waals surface area contributed by atoms with Crippen molar-refractivity contribution < 1.29 is 8.42 Å². The van der Waals surface area contributed by atoms with Gasteiger partial charge in [0.05, 0.1) is 29.1 Å². The predicted molar refractivity (Wildman–Crippen MR) is 119 cm³/mol. The lowest BCUT2D eigenvalue weighted by atomic mass is 9.85. The van der Waals surface area contributed by atoms with Gasteiger partial charge in [-0.2, -0.15) is 5.26 Å². The second-order valence-corrected chi connectivity index (χ2v) is 9.21. The number of fused-ring (bicyclic) bond motifs is 1. The lowest BCUT2D eigenvalue weighted by Crippen LogP contribution is -2.32. The second kappa shape index (κ2) is 7.94. The highest BCUT2D eigenvalue weighted by molar-refractivity contribution is 7.92. The van der Waals surface area contributed by atoms with Gasteiger partial charge in [-0.3, -0.25) is 4.72 Å². The normalized spacial score (nSPS) is 14.4. The van der Waals surface area contributed by atoms with E-state index in [4.69, 9.17) is 11.6 Å². The van der Waals surface area contributed by atoms with Gasteiger partial charge in [0, 0.05) is 22.2 Å². The summed E-state index contributed by atoms with van der Waals surface area (Å²) in [4.78, 5) is 0. The van der Waals surface area contributed by atoms with Crippen LogP contribution in [-0.2, 0) is 15.6 Å². The van der Waals surface area contributed by atoms with Crippen LogP contribution in [0.15, 0.2) is 66.4 Å². The minimum atomic E-state index is -3.41. The van der Waals surface area contributed by atoms with Crippen LogP contribution in [0, 0.1) is 11.3 Å². The number of benzene rings is 2. The van der Waals surface area contributed by atoms with E-state index in [1.807, 2.05) is 54.7 Å². The van der Waals surface area contributed by atoms with Crippen LogP contribution in [0.25, 0.3) is 10.9 Å². The van der Waals surface area contributed by atoms with Gasteiger partial charge in [-0.15, -0.1) is 0 Å². The first-order chi connectivity index (χ1) is 13.7. The molecule has 1 heterocycles. The van der Waals surface area contributed by atoms with Crippen molar-refractivity contribution in [2.24, 2.45) is 0 Å². The Labute approximate surface area is 176 Å². The molecule has 1 N–H and O–H groups in total. The van der Waals surface area contributed by atoms with Gasteiger partial charge < -0.3 is 4.57 Å². The molecule has 0 saturated carbocycles. The molecule has 0 bridgehead atoms. The fourth-order valence-electron chi connectivity index (χ4n) is 3.70. The van der Waals surface area contributed by atoms with Gasteiger partial charge in [-0.25, -0.2) is 8.42 Å². The van der Waals surface area contributed by atoms with E-state index in [0.29, 0.717) is 22.7 Å². The average molecular weight is 428 g/mol. The zero-order valence-electron chi connectivity index (χ0n) is 16.5. The first kappa shape index (κ1) is 21.0. The minimum absolute atomic E-state index is 0.519. The molecule has 0 spiro atoms. The number of halogens is 1. The molecule has 0 amide bonds. The van der Waals surface area contributed by atoms with Crippen molar-refractivity contribution in [1.82, 2.24) is 4.57 Å². The van der Waals surface area contributed by atoms with Crippen molar-refractivity contribution in [2.45, 2.75) is 25.8 Å². The summed E-state index contributed by atoms with van der Waals surface area (Å²) in [7, 11) is -3.41. The molecule has 1 aromatic heterocycles. The van der Waals surface area contributed by atoms with E-state index in [-0.39, 0.29) is 0 Å². The molecule has 7 heteroatoms. The Kier molecular flexibility index (Phi) is 5.74. The maximum absolute atomic E-state index is 11.8. The van der Waals surface area contributed by atoms with Gasteiger partial charge >= 0.3 is 0 Å². The lowest BCUT2D eigenvalue weighted by molar-refractivity contribution is 0.445. The van der Waals surface area contributed by atoms with Crippen molar-refractivity contribution in [1.29, 1.82) is 5.26 Å². The number of sulfonamides is 1. The van der Waals surface area contributed by atoms with E-state index >= 15 is 0 Å². The molecule has 2 aromatic carbocycles. The quantitative estimate of drug-likeness (QED) is 0.543. The Hall–Kier alpha value is -2.75. The van der Waals surface area contributed by atoms with Crippen LogP contribution in [0.5, 0.6) is 0 Å². The fourth-order valence-corrected chi connectivity index (χ4v) is 4.41. The summed E-state index contributed by atoms with van der Waals surface area (Å²) < 4.78 is 28.2. The molecule has 0 aliphatic carbocycles. The summed E-state index contributed by atoms with van der Waals surface area (Å²) in [5.74, 6) is 0. The molecule has 0 fully saturated rings. The first-order valence-electron chi connectivity index (χ1n) is 9.14. The number of nitriles is 1. The third kappa shape index (κ3) is 4.16. The molecular weight excluding hydrogens is 406 g/mol. The van der Waals surface area contributed by atoms with Crippen LogP contribution < -0.4 is 4.72 Å². The third-order valence-electron chi connectivity index (χ3n) is 4.97. The third-order valence-corrected chi connectivity index (χ3v) is 5.82.